The molecule has 0 amide bonds. The minimum absolute atomic E-state index is 0.185. The van der Waals surface area contributed by atoms with Crippen molar-refractivity contribution in [2.75, 3.05) is 0 Å². The summed E-state index contributed by atoms with van der Waals surface area (Å²) in [6.45, 7) is 0. The summed E-state index contributed by atoms with van der Waals surface area (Å²) in [6, 6.07) is 4.71. The largest absolute Gasteiger partial charge is 0.481 e. The van der Waals surface area contributed by atoms with Gasteiger partial charge in [-0.1, -0.05) is 22.4 Å². The van der Waals surface area contributed by atoms with E-state index in [1.165, 1.54) is 6.07 Å². The summed E-state index contributed by atoms with van der Waals surface area (Å²) in [5.41, 5.74) is 0.527. The van der Waals surface area contributed by atoms with Crippen LogP contribution in [0.5, 0.6) is 0 Å². The zero-order valence-electron chi connectivity index (χ0n) is 8.62. The Labute approximate surface area is 102 Å². The van der Waals surface area contributed by atoms with Crippen LogP contribution in [-0.2, 0) is 4.79 Å². The molecule has 1 fully saturated rings. The van der Waals surface area contributed by atoms with Gasteiger partial charge in [0.25, 0.3) is 0 Å². The summed E-state index contributed by atoms with van der Waals surface area (Å²) >= 11 is 3.29. The van der Waals surface area contributed by atoms with E-state index in [-0.39, 0.29) is 11.7 Å². The zero-order valence-corrected chi connectivity index (χ0v) is 10.2. The van der Waals surface area contributed by atoms with E-state index in [1.807, 2.05) is 0 Å². The van der Waals surface area contributed by atoms with E-state index < -0.39 is 11.9 Å². The minimum Gasteiger partial charge on any atom is -0.481 e. The van der Waals surface area contributed by atoms with Gasteiger partial charge in [0.2, 0.25) is 0 Å². The molecule has 1 saturated carbocycles. The van der Waals surface area contributed by atoms with Gasteiger partial charge in [-0.2, -0.15) is 0 Å². The highest BCUT2D eigenvalue weighted by Crippen LogP contribution is 2.41. The molecule has 0 saturated heterocycles. The average Bonchev–Trinajstić information content (AvgIpc) is 2.70. The van der Waals surface area contributed by atoms with Crippen LogP contribution in [0.1, 0.15) is 30.7 Å². The summed E-state index contributed by atoms with van der Waals surface area (Å²) in [6.07, 6.45) is 2.25. The number of carbonyl (C=O) groups is 1. The molecule has 2 atom stereocenters. The summed E-state index contributed by atoms with van der Waals surface area (Å²) < 4.78 is 14.4. The third-order valence-electron chi connectivity index (χ3n) is 3.19. The highest BCUT2D eigenvalue weighted by atomic mass is 79.9. The van der Waals surface area contributed by atoms with Crippen molar-refractivity contribution in [2.45, 2.75) is 25.2 Å². The van der Waals surface area contributed by atoms with Crippen molar-refractivity contribution in [1.82, 2.24) is 0 Å². The van der Waals surface area contributed by atoms with Crippen molar-refractivity contribution in [2.24, 2.45) is 5.92 Å². The van der Waals surface area contributed by atoms with Crippen LogP contribution >= 0.6 is 15.9 Å². The number of halogens is 2. The average molecular weight is 287 g/mol. The SMILES string of the molecule is O=C(O)C1CCCC1c1cc(Br)ccc1F. The van der Waals surface area contributed by atoms with E-state index in [0.717, 1.165) is 17.3 Å². The van der Waals surface area contributed by atoms with Gasteiger partial charge in [-0.05, 0) is 36.6 Å². The lowest BCUT2D eigenvalue weighted by molar-refractivity contribution is -0.142. The number of hydrogen-bond acceptors (Lipinski definition) is 1. The summed E-state index contributed by atoms with van der Waals surface area (Å²) in [7, 11) is 0. The maximum absolute atomic E-state index is 13.6. The third kappa shape index (κ3) is 2.12. The van der Waals surface area contributed by atoms with Crippen LogP contribution in [0.3, 0.4) is 0 Å². The van der Waals surface area contributed by atoms with Gasteiger partial charge in [-0.15, -0.1) is 0 Å². The van der Waals surface area contributed by atoms with Crippen LogP contribution < -0.4 is 0 Å². The molecule has 0 radical (unpaired) electrons. The van der Waals surface area contributed by atoms with Gasteiger partial charge in [-0.25, -0.2) is 4.39 Å². The van der Waals surface area contributed by atoms with Crippen molar-refractivity contribution in [3.63, 3.8) is 0 Å². The van der Waals surface area contributed by atoms with Gasteiger partial charge in [0.05, 0.1) is 5.92 Å². The Morgan fingerprint density at radius 2 is 2.19 bits per heavy atom. The van der Waals surface area contributed by atoms with E-state index >= 15 is 0 Å². The van der Waals surface area contributed by atoms with Crippen LogP contribution in [0.4, 0.5) is 4.39 Å². The fourth-order valence-corrected chi connectivity index (χ4v) is 2.81. The van der Waals surface area contributed by atoms with Crippen molar-refractivity contribution in [1.29, 1.82) is 0 Å². The maximum atomic E-state index is 13.6. The van der Waals surface area contributed by atoms with Crippen molar-refractivity contribution < 1.29 is 14.3 Å². The number of aliphatic carboxylic acids is 1. The number of hydrogen-bond donors (Lipinski definition) is 1. The molecule has 4 heteroatoms. The van der Waals surface area contributed by atoms with Crippen LogP contribution in [0.15, 0.2) is 22.7 Å². The Kier molecular flexibility index (Phi) is 3.28. The fourth-order valence-electron chi connectivity index (χ4n) is 2.43. The van der Waals surface area contributed by atoms with E-state index in [2.05, 4.69) is 15.9 Å². The van der Waals surface area contributed by atoms with Gasteiger partial charge < -0.3 is 5.11 Å². The Balaban J connectivity index is 2.35. The predicted molar refractivity (Wildman–Crippen MR) is 61.8 cm³/mol. The molecule has 2 unspecified atom stereocenters. The Morgan fingerprint density at radius 3 is 2.88 bits per heavy atom. The first kappa shape index (κ1) is 11.6. The second-order valence-electron chi connectivity index (χ2n) is 4.15. The first-order chi connectivity index (χ1) is 7.59. The molecule has 86 valence electrons. The van der Waals surface area contributed by atoms with E-state index in [4.69, 9.17) is 5.11 Å². The number of carboxylic acids is 1. The standard InChI is InChI=1S/C12H12BrFO2/c13-7-4-5-11(14)10(6-7)8-2-1-3-9(8)12(15)16/h4-6,8-9H,1-3H2,(H,15,16). The number of rotatable bonds is 2. The summed E-state index contributed by atoms with van der Waals surface area (Å²) in [5, 5.41) is 9.07. The molecule has 2 rings (SSSR count). The molecule has 1 aromatic rings. The monoisotopic (exact) mass is 286 g/mol. The van der Waals surface area contributed by atoms with Gasteiger partial charge in [-0.3, -0.25) is 4.79 Å². The molecule has 0 heterocycles. The van der Waals surface area contributed by atoms with Gasteiger partial charge in [0.15, 0.2) is 0 Å². The molecule has 1 aromatic carbocycles. The first-order valence-electron chi connectivity index (χ1n) is 5.27. The highest BCUT2D eigenvalue weighted by molar-refractivity contribution is 9.10. The van der Waals surface area contributed by atoms with Gasteiger partial charge in [0.1, 0.15) is 5.82 Å². The maximum Gasteiger partial charge on any atom is 0.307 e. The normalized spacial score (nSPS) is 24.6. The van der Waals surface area contributed by atoms with Crippen LogP contribution in [0.2, 0.25) is 0 Å². The van der Waals surface area contributed by atoms with Gasteiger partial charge >= 0.3 is 5.97 Å². The molecule has 16 heavy (non-hydrogen) atoms. The van der Waals surface area contributed by atoms with Crippen molar-refractivity contribution in [3.8, 4) is 0 Å². The third-order valence-corrected chi connectivity index (χ3v) is 3.68. The Morgan fingerprint density at radius 1 is 1.44 bits per heavy atom. The van der Waals surface area contributed by atoms with Crippen LogP contribution in [-0.4, -0.2) is 11.1 Å². The molecule has 0 bridgehead atoms. The molecule has 1 aliphatic rings. The fraction of sp³-hybridized carbons (Fsp3) is 0.417. The minimum atomic E-state index is -0.818. The first-order valence-corrected chi connectivity index (χ1v) is 6.06. The lowest BCUT2D eigenvalue weighted by Gasteiger charge is -2.17. The summed E-state index contributed by atoms with van der Waals surface area (Å²) in [5.74, 6) is -1.75. The summed E-state index contributed by atoms with van der Waals surface area (Å²) in [4.78, 5) is 11.0. The molecule has 1 aliphatic carbocycles. The number of benzene rings is 1. The molecule has 2 nitrogen and oxygen atoms in total. The lowest BCUT2D eigenvalue weighted by atomic mass is 9.89. The van der Waals surface area contributed by atoms with E-state index in [1.54, 1.807) is 12.1 Å². The van der Waals surface area contributed by atoms with E-state index in [9.17, 15) is 9.18 Å². The Bertz CT molecular complexity index is 419. The molecular formula is C12H12BrFO2. The smallest absolute Gasteiger partial charge is 0.307 e. The second-order valence-corrected chi connectivity index (χ2v) is 5.06. The molecule has 0 spiro atoms. The molecule has 0 aromatic heterocycles. The van der Waals surface area contributed by atoms with Crippen LogP contribution in [0.25, 0.3) is 0 Å². The van der Waals surface area contributed by atoms with Gasteiger partial charge in [0, 0.05) is 10.4 Å². The molecule has 1 N–H and O–H groups in total. The Hall–Kier alpha value is -0.900. The molecular weight excluding hydrogens is 275 g/mol. The molecule has 0 aliphatic heterocycles. The van der Waals surface area contributed by atoms with Crippen molar-refractivity contribution >= 4 is 21.9 Å². The topological polar surface area (TPSA) is 37.3 Å². The second kappa shape index (κ2) is 4.53. The van der Waals surface area contributed by atoms with Crippen molar-refractivity contribution in [3.05, 3.63) is 34.1 Å². The van der Waals surface area contributed by atoms with E-state index in [0.29, 0.717) is 12.0 Å². The predicted octanol–water partition coefficient (Wildman–Crippen LogP) is 3.56. The zero-order chi connectivity index (χ0) is 11.7. The highest BCUT2D eigenvalue weighted by Gasteiger charge is 2.35. The number of carboxylic acid groups (broad SMARTS) is 1. The van der Waals surface area contributed by atoms with Crippen LogP contribution in [0, 0.1) is 11.7 Å². The lowest BCUT2D eigenvalue weighted by Crippen LogP contribution is -2.17. The quantitative estimate of drug-likeness (QED) is 0.903.